The fourth-order valence-electron chi connectivity index (χ4n) is 5.05. The number of β-amino-alcohol motifs (C(OH)–C–C–N with tert-alkyl or cyclic N) is 1. The lowest BCUT2D eigenvalue weighted by molar-refractivity contribution is -0.137. The normalized spacial score (nSPS) is 13.6. The lowest BCUT2D eigenvalue weighted by Crippen LogP contribution is -2.42. The van der Waals surface area contributed by atoms with Crippen LogP contribution < -0.4 is 16.0 Å². The van der Waals surface area contributed by atoms with Crippen molar-refractivity contribution in [2.24, 2.45) is 0 Å². The average Bonchev–Trinajstić information content (AvgIpc) is 2.99. The highest BCUT2D eigenvalue weighted by atomic mass is 16.4. The van der Waals surface area contributed by atoms with Gasteiger partial charge in [-0.1, -0.05) is 69.2 Å². The summed E-state index contributed by atoms with van der Waals surface area (Å²) in [4.78, 5) is 45.6. The smallest absolute Gasteiger partial charge is 0.303 e. The number of nitrogens with zero attached hydrogens (tertiary/aromatic N) is 3. The molecule has 2 amide bonds. The Labute approximate surface area is 248 Å². The number of amides is 2. The molecule has 1 aromatic heterocycles. The van der Waals surface area contributed by atoms with Crippen molar-refractivity contribution in [2.75, 3.05) is 38.0 Å². The number of hydrogen-bond donors (Lipinski definition) is 5. The summed E-state index contributed by atoms with van der Waals surface area (Å²) in [7, 11) is 0. The summed E-state index contributed by atoms with van der Waals surface area (Å²) in [5.74, 6) is -0.902. The van der Waals surface area contributed by atoms with Gasteiger partial charge in [-0.3, -0.25) is 19.3 Å². The third kappa shape index (κ3) is 12.9. The molecule has 1 aliphatic rings. The number of rotatable bonds is 20. The van der Waals surface area contributed by atoms with Crippen LogP contribution in [-0.4, -0.2) is 81.7 Å². The fraction of sp³-hybridized carbons (Fsp3) is 0.581. The summed E-state index contributed by atoms with van der Waals surface area (Å²) < 4.78 is 0. The standard InChI is InChI=1S/C31H46N6O5/c38-26(22-37-17-15-24-12-9-10-13-25(24)21-37)19-34-31(42)27-18-28(36-23-35-27)33-20-29(39)32-16-11-7-5-3-1-2-4-6-8-14-30(40)41/h9-10,12-13,18,23,26,38H,1-8,11,14-17,19-22H2,(H,32,39)(H,34,42)(H,40,41)(H,33,35,36). The zero-order valence-corrected chi connectivity index (χ0v) is 24.5. The van der Waals surface area contributed by atoms with Crippen LogP contribution in [0, 0.1) is 0 Å². The van der Waals surface area contributed by atoms with Gasteiger partial charge >= 0.3 is 5.97 Å². The van der Waals surface area contributed by atoms with Gasteiger partial charge in [0, 0.05) is 45.2 Å². The second kappa shape index (κ2) is 18.8. The lowest BCUT2D eigenvalue weighted by atomic mass is 10.00. The van der Waals surface area contributed by atoms with Crippen molar-refractivity contribution < 1.29 is 24.6 Å². The van der Waals surface area contributed by atoms with Crippen LogP contribution in [0.4, 0.5) is 5.82 Å². The first-order chi connectivity index (χ1) is 20.4. The van der Waals surface area contributed by atoms with Crippen molar-refractivity contribution in [1.82, 2.24) is 25.5 Å². The molecule has 3 rings (SSSR count). The Kier molecular flexibility index (Phi) is 14.7. The number of carboxylic acids is 1. The molecule has 1 unspecified atom stereocenters. The maximum absolute atomic E-state index is 12.6. The molecule has 0 bridgehead atoms. The Morgan fingerprint density at radius 3 is 2.33 bits per heavy atom. The number of nitrogens with one attached hydrogen (secondary N) is 3. The predicted molar refractivity (Wildman–Crippen MR) is 161 cm³/mol. The van der Waals surface area contributed by atoms with Crippen LogP contribution in [0.15, 0.2) is 36.7 Å². The van der Waals surface area contributed by atoms with Crippen LogP contribution in [0.2, 0.25) is 0 Å². The van der Waals surface area contributed by atoms with Gasteiger partial charge in [0.15, 0.2) is 0 Å². The molecule has 0 saturated heterocycles. The zero-order valence-electron chi connectivity index (χ0n) is 24.5. The number of fused-ring (bicyclic) bond motifs is 1. The van der Waals surface area contributed by atoms with E-state index in [0.29, 0.717) is 18.9 Å². The summed E-state index contributed by atoms with van der Waals surface area (Å²) in [5.41, 5.74) is 2.79. The molecule has 0 fully saturated rings. The molecule has 1 aromatic carbocycles. The minimum atomic E-state index is -0.718. The molecule has 0 spiro atoms. The van der Waals surface area contributed by atoms with Crippen molar-refractivity contribution in [3.05, 3.63) is 53.5 Å². The van der Waals surface area contributed by atoms with Gasteiger partial charge in [0.2, 0.25) is 5.91 Å². The number of carbonyl (C=O) groups is 3. The molecule has 11 heteroatoms. The SMILES string of the molecule is O=C(O)CCCCCCCCCCCNC(=O)CNc1cc(C(=O)NCC(O)CN2CCc3ccccc3C2)ncn1. The Hall–Kier alpha value is -3.57. The van der Waals surface area contributed by atoms with E-state index < -0.39 is 18.0 Å². The highest BCUT2D eigenvalue weighted by molar-refractivity contribution is 5.93. The van der Waals surface area contributed by atoms with Gasteiger partial charge in [-0.15, -0.1) is 0 Å². The van der Waals surface area contributed by atoms with Gasteiger partial charge in [-0.05, 0) is 30.4 Å². The number of carbonyl (C=O) groups excluding carboxylic acids is 2. The largest absolute Gasteiger partial charge is 0.481 e. The maximum atomic E-state index is 12.6. The second-order valence-electron chi connectivity index (χ2n) is 10.9. The van der Waals surface area contributed by atoms with Crippen LogP contribution in [0.5, 0.6) is 0 Å². The number of aliphatic hydroxyl groups is 1. The molecule has 0 saturated carbocycles. The Balaban J connectivity index is 1.23. The summed E-state index contributed by atoms with van der Waals surface area (Å²) in [5, 5.41) is 27.7. The molecule has 2 heterocycles. The first-order valence-electron chi connectivity index (χ1n) is 15.2. The van der Waals surface area contributed by atoms with Gasteiger partial charge in [-0.25, -0.2) is 9.97 Å². The number of hydrogen-bond acceptors (Lipinski definition) is 8. The molecule has 42 heavy (non-hydrogen) atoms. The quantitative estimate of drug-likeness (QED) is 0.148. The number of unbranched alkanes of at least 4 members (excludes halogenated alkanes) is 8. The molecule has 1 aliphatic heterocycles. The Morgan fingerprint density at radius 2 is 1.60 bits per heavy atom. The molecular weight excluding hydrogens is 536 g/mol. The predicted octanol–water partition coefficient (Wildman–Crippen LogP) is 3.14. The number of carboxylic acid groups (broad SMARTS) is 1. The van der Waals surface area contributed by atoms with Crippen LogP contribution >= 0.6 is 0 Å². The summed E-state index contributed by atoms with van der Waals surface area (Å²) >= 11 is 0. The summed E-state index contributed by atoms with van der Waals surface area (Å²) in [6, 6.07) is 9.82. The first-order valence-corrected chi connectivity index (χ1v) is 15.2. The van der Waals surface area contributed by atoms with Gasteiger partial charge in [0.25, 0.3) is 5.91 Å². The number of benzene rings is 1. The van der Waals surface area contributed by atoms with E-state index in [2.05, 4.69) is 43.0 Å². The average molecular weight is 583 g/mol. The molecule has 230 valence electrons. The van der Waals surface area contributed by atoms with E-state index in [1.54, 1.807) is 0 Å². The van der Waals surface area contributed by atoms with Crippen molar-refractivity contribution in [3.63, 3.8) is 0 Å². The van der Waals surface area contributed by atoms with Crippen molar-refractivity contribution >= 4 is 23.6 Å². The van der Waals surface area contributed by atoms with Gasteiger partial charge < -0.3 is 26.2 Å². The number of anilines is 1. The zero-order chi connectivity index (χ0) is 30.0. The minimum absolute atomic E-state index is 0.0393. The molecule has 11 nitrogen and oxygen atoms in total. The van der Waals surface area contributed by atoms with Gasteiger partial charge in [0.1, 0.15) is 17.8 Å². The third-order valence-electron chi connectivity index (χ3n) is 7.40. The fourth-order valence-corrected chi connectivity index (χ4v) is 5.05. The molecule has 0 radical (unpaired) electrons. The van der Waals surface area contributed by atoms with E-state index in [1.165, 1.54) is 23.5 Å². The third-order valence-corrected chi connectivity index (χ3v) is 7.40. The van der Waals surface area contributed by atoms with E-state index >= 15 is 0 Å². The number of aromatic nitrogens is 2. The van der Waals surface area contributed by atoms with E-state index in [-0.39, 0.29) is 31.1 Å². The highest BCUT2D eigenvalue weighted by Crippen LogP contribution is 2.18. The van der Waals surface area contributed by atoms with Crippen molar-refractivity contribution in [2.45, 2.75) is 83.3 Å². The van der Waals surface area contributed by atoms with Crippen molar-refractivity contribution in [1.29, 1.82) is 0 Å². The number of aliphatic carboxylic acids is 1. The summed E-state index contributed by atoms with van der Waals surface area (Å²) in [6.45, 7) is 2.89. The van der Waals surface area contributed by atoms with E-state index in [4.69, 9.17) is 5.11 Å². The molecule has 0 aliphatic carbocycles. The molecule has 2 aromatic rings. The molecular formula is C31H46N6O5. The topological polar surface area (TPSA) is 157 Å². The van der Waals surface area contributed by atoms with E-state index in [0.717, 1.165) is 77.3 Å². The highest BCUT2D eigenvalue weighted by Gasteiger charge is 2.19. The van der Waals surface area contributed by atoms with Gasteiger partial charge in [-0.2, -0.15) is 0 Å². The first kappa shape index (κ1) is 32.9. The minimum Gasteiger partial charge on any atom is -0.481 e. The van der Waals surface area contributed by atoms with Crippen LogP contribution in [0.25, 0.3) is 0 Å². The Bertz CT molecular complexity index is 1130. The van der Waals surface area contributed by atoms with Gasteiger partial charge in [0.05, 0.1) is 12.6 Å². The monoisotopic (exact) mass is 582 g/mol. The van der Waals surface area contributed by atoms with Crippen molar-refractivity contribution in [3.8, 4) is 0 Å². The second-order valence-corrected chi connectivity index (χ2v) is 10.9. The maximum Gasteiger partial charge on any atom is 0.303 e. The molecule has 1 atom stereocenters. The lowest BCUT2D eigenvalue weighted by Gasteiger charge is -2.30. The van der Waals surface area contributed by atoms with E-state index in [1.807, 2.05) is 12.1 Å². The molecule has 5 N–H and O–H groups in total. The summed E-state index contributed by atoms with van der Waals surface area (Å²) in [6.07, 6.45) is 11.2. The van der Waals surface area contributed by atoms with Crippen LogP contribution in [0.3, 0.4) is 0 Å². The van der Waals surface area contributed by atoms with Crippen LogP contribution in [-0.2, 0) is 22.6 Å². The van der Waals surface area contributed by atoms with E-state index in [9.17, 15) is 19.5 Å². The Morgan fingerprint density at radius 1 is 0.905 bits per heavy atom. The van der Waals surface area contributed by atoms with Crippen LogP contribution in [0.1, 0.15) is 85.8 Å². The number of aliphatic hydroxyl groups excluding tert-OH is 1.